The van der Waals surface area contributed by atoms with Crippen molar-refractivity contribution in [3.05, 3.63) is 18.0 Å². The molecule has 1 aromatic rings. The van der Waals surface area contributed by atoms with Gasteiger partial charge in [-0.05, 0) is 20.0 Å². The molecule has 90 valence electrons. The Balaban J connectivity index is 2.14. The Labute approximate surface area is 101 Å². The van der Waals surface area contributed by atoms with Crippen LogP contribution in [0, 0.1) is 0 Å². The van der Waals surface area contributed by atoms with E-state index in [9.17, 15) is 0 Å². The zero-order valence-electron chi connectivity index (χ0n) is 9.97. The van der Waals surface area contributed by atoms with Crippen molar-refractivity contribution in [3.8, 4) is 0 Å². The fourth-order valence-electron chi connectivity index (χ4n) is 2.17. The summed E-state index contributed by atoms with van der Waals surface area (Å²) in [7, 11) is 2.16. The maximum Gasteiger partial charge on any atom is 0.0632 e. The SMILES string of the molecule is CCn1nccc1C(N)C1CSCCN1C. The van der Waals surface area contributed by atoms with Gasteiger partial charge in [-0.2, -0.15) is 16.9 Å². The Kier molecular flexibility index (Phi) is 3.89. The number of thioether (sulfide) groups is 1. The number of hydrogen-bond donors (Lipinski definition) is 1. The Morgan fingerprint density at radius 1 is 1.69 bits per heavy atom. The summed E-state index contributed by atoms with van der Waals surface area (Å²) in [5, 5.41) is 4.29. The number of hydrogen-bond acceptors (Lipinski definition) is 4. The van der Waals surface area contributed by atoms with Gasteiger partial charge in [0, 0.05) is 36.8 Å². The largest absolute Gasteiger partial charge is 0.321 e. The fourth-order valence-corrected chi connectivity index (χ4v) is 3.46. The van der Waals surface area contributed by atoms with Gasteiger partial charge in [-0.3, -0.25) is 9.58 Å². The first-order valence-corrected chi connectivity index (χ1v) is 6.94. The number of rotatable bonds is 3. The minimum Gasteiger partial charge on any atom is -0.321 e. The molecule has 2 heterocycles. The highest BCUT2D eigenvalue weighted by molar-refractivity contribution is 7.99. The van der Waals surface area contributed by atoms with Crippen molar-refractivity contribution in [2.24, 2.45) is 5.73 Å². The number of aromatic nitrogens is 2. The minimum atomic E-state index is 0.0697. The van der Waals surface area contributed by atoms with Gasteiger partial charge in [0.1, 0.15) is 0 Å². The maximum atomic E-state index is 6.37. The zero-order chi connectivity index (χ0) is 11.5. The molecule has 0 spiro atoms. The first kappa shape index (κ1) is 12.0. The van der Waals surface area contributed by atoms with Crippen molar-refractivity contribution in [2.75, 3.05) is 25.1 Å². The van der Waals surface area contributed by atoms with Gasteiger partial charge in [-0.1, -0.05) is 0 Å². The molecule has 2 atom stereocenters. The van der Waals surface area contributed by atoms with E-state index in [1.54, 1.807) is 0 Å². The second kappa shape index (κ2) is 5.21. The van der Waals surface area contributed by atoms with Crippen LogP contribution in [0.5, 0.6) is 0 Å². The maximum absolute atomic E-state index is 6.37. The normalized spacial score (nSPS) is 24.6. The molecule has 0 aliphatic carbocycles. The van der Waals surface area contributed by atoms with Crippen LogP contribution in [0.1, 0.15) is 18.7 Å². The monoisotopic (exact) mass is 240 g/mol. The van der Waals surface area contributed by atoms with E-state index in [0.717, 1.165) is 24.5 Å². The Hall–Kier alpha value is -0.520. The van der Waals surface area contributed by atoms with E-state index in [1.807, 2.05) is 28.7 Å². The molecule has 1 aliphatic heterocycles. The molecule has 1 aliphatic rings. The molecule has 2 unspecified atom stereocenters. The van der Waals surface area contributed by atoms with Crippen molar-refractivity contribution in [1.29, 1.82) is 0 Å². The van der Waals surface area contributed by atoms with Crippen LogP contribution in [-0.2, 0) is 6.54 Å². The second-order valence-electron chi connectivity index (χ2n) is 4.22. The van der Waals surface area contributed by atoms with E-state index < -0.39 is 0 Å². The second-order valence-corrected chi connectivity index (χ2v) is 5.37. The van der Waals surface area contributed by atoms with E-state index in [0.29, 0.717) is 6.04 Å². The number of nitrogens with zero attached hydrogens (tertiary/aromatic N) is 3. The van der Waals surface area contributed by atoms with Crippen LogP contribution in [0.25, 0.3) is 0 Å². The van der Waals surface area contributed by atoms with E-state index in [4.69, 9.17) is 5.73 Å². The first-order valence-electron chi connectivity index (χ1n) is 5.79. The van der Waals surface area contributed by atoms with E-state index in [2.05, 4.69) is 24.0 Å². The molecule has 1 aromatic heterocycles. The summed E-state index contributed by atoms with van der Waals surface area (Å²) < 4.78 is 2.00. The predicted molar refractivity (Wildman–Crippen MR) is 68.6 cm³/mol. The molecule has 2 rings (SSSR count). The van der Waals surface area contributed by atoms with Gasteiger partial charge in [-0.15, -0.1) is 0 Å². The van der Waals surface area contributed by atoms with Crippen molar-refractivity contribution in [1.82, 2.24) is 14.7 Å². The standard InChI is InChI=1S/C11H20N4S/c1-3-15-9(4-5-13-15)11(12)10-8-16-7-6-14(10)2/h4-5,10-11H,3,6-8,12H2,1-2H3. The molecule has 0 amide bonds. The van der Waals surface area contributed by atoms with E-state index in [-0.39, 0.29) is 6.04 Å². The van der Waals surface area contributed by atoms with Crippen molar-refractivity contribution >= 4 is 11.8 Å². The molecule has 1 fully saturated rings. The Bertz CT molecular complexity index is 338. The Morgan fingerprint density at radius 2 is 2.50 bits per heavy atom. The highest BCUT2D eigenvalue weighted by Gasteiger charge is 2.28. The molecule has 2 N–H and O–H groups in total. The predicted octanol–water partition coefficient (Wildman–Crippen LogP) is 0.950. The zero-order valence-corrected chi connectivity index (χ0v) is 10.8. The van der Waals surface area contributed by atoms with Gasteiger partial charge in [0.05, 0.1) is 11.7 Å². The van der Waals surface area contributed by atoms with Crippen LogP contribution >= 0.6 is 11.8 Å². The lowest BCUT2D eigenvalue weighted by Gasteiger charge is -2.36. The van der Waals surface area contributed by atoms with Gasteiger partial charge in [0.15, 0.2) is 0 Å². The molecule has 0 bridgehead atoms. The number of likely N-dealkylation sites (N-methyl/N-ethyl adjacent to an activating group) is 1. The summed E-state index contributed by atoms with van der Waals surface area (Å²) in [5.41, 5.74) is 7.52. The third-order valence-corrected chi connectivity index (χ3v) is 4.30. The van der Waals surface area contributed by atoms with Crippen LogP contribution in [-0.4, -0.2) is 45.8 Å². The summed E-state index contributed by atoms with van der Waals surface area (Å²) >= 11 is 1.99. The highest BCUT2D eigenvalue weighted by Crippen LogP contribution is 2.24. The average Bonchev–Trinajstić information content (AvgIpc) is 2.77. The summed E-state index contributed by atoms with van der Waals surface area (Å²) in [6, 6.07) is 2.54. The first-order chi connectivity index (χ1) is 7.74. The summed E-state index contributed by atoms with van der Waals surface area (Å²) in [4.78, 5) is 2.37. The van der Waals surface area contributed by atoms with Crippen LogP contribution < -0.4 is 5.73 Å². The summed E-state index contributed by atoms with van der Waals surface area (Å²) in [6.45, 7) is 4.12. The molecule has 5 heteroatoms. The molecule has 16 heavy (non-hydrogen) atoms. The minimum absolute atomic E-state index is 0.0697. The van der Waals surface area contributed by atoms with Gasteiger partial charge in [0.2, 0.25) is 0 Å². The van der Waals surface area contributed by atoms with Gasteiger partial charge < -0.3 is 5.73 Å². The molecular weight excluding hydrogens is 220 g/mol. The van der Waals surface area contributed by atoms with Gasteiger partial charge >= 0.3 is 0 Å². The van der Waals surface area contributed by atoms with Crippen LogP contribution in [0.2, 0.25) is 0 Å². The lowest BCUT2D eigenvalue weighted by molar-refractivity contribution is 0.232. The molecule has 0 aromatic carbocycles. The molecule has 1 saturated heterocycles. The number of aryl methyl sites for hydroxylation is 1. The molecule has 0 radical (unpaired) electrons. The third kappa shape index (κ3) is 2.26. The highest BCUT2D eigenvalue weighted by atomic mass is 32.2. The smallest absolute Gasteiger partial charge is 0.0632 e. The molecule has 0 saturated carbocycles. The van der Waals surface area contributed by atoms with Crippen molar-refractivity contribution in [3.63, 3.8) is 0 Å². The Morgan fingerprint density at radius 3 is 3.19 bits per heavy atom. The average molecular weight is 240 g/mol. The summed E-state index contributed by atoms with van der Waals surface area (Å²) in [5.74, 6) is 2.33. The molecule has 4 nitrogen and oxygen atoms in total. The van der Waals surface area contributed by atoms with Crippen LogP contribution in [0.15, 0.2) is 12.3 Å². The van der Waals surface area contributed by atoms with Crippen molar-refractivity contribution < 1.29 is 0 Å². The van der Waals surface area contributed by atoms with Crippen molar-refractivity contribution in [2.45, 2.75) is 25.6 Å². The topological polar surface area (TPSA) is 47.1 Å². The van der Waals surface area contributed by atoms with E-state index >= 15 is 0 Å². The molecular formula is C11H20N4S. The lowest BCUT2D eigenvalue weighted by Crippen LogP contribution is -2.46. The fraction of sp³-hybridized carbons (Fsp3) is 0.727. The van der Waals surface area contributed by atoms with E-state index in [1.165, 1.54) is 5.75 Å². The van der Waals surface area contributed by atoms with Crippen LogP contribution in [0.3, 0.4) is 0 Å². The van der Waals surface area contributed by atoms with Gasteiger partial charge in [0.25, 0.3) is 0 Å². The lowest BCUT2D eigenvalue weighted by atomic mass is 10.1. The quantitative estimate of drug-likeness (QED) is 0.854. The number of nitrogens with two attached hydrogens (primary N) is 1. The van der Waals surface area contributed by atoms with Crippen LogP contribution in [0.4, 0.5) is 0 Å². The summed E-state index contributed by atoms with van der Waals surface area (Å²) in [6.07, 6.45) is 1.84. The third-order valence-electron chi connectivity index (χ3n) is 3.25. The van der Waals surface area contributed by atoms with Gasteiger partial charge in [-0.25, -0.2) is 0 Å².